The van der Waals surface area contributed by atoms with Crippen molar-refractivity contribution in [3.05, 3.63) is 64.4 Å². The second kappa shape index (κ2) is 6.70. The van der Waals surface area contributed by atoms with E-state index in [0.29, 0.717) is 22.9 Å². The molecule has 3 N–H and O–H groups in total. The van der Waals surface area contributed by atoms with Gasteiger partial charge in [-0.2, -0.15) is 0 Å². The number of hydrogen-bond acceptors (Lipinski definition) is 3. The zero-order valence-electron chi connectivity index (χ0n) is 11.1. The van der Waals surface area contributed by atoms with Gasteiger partial charge in [-0.15, -0.1) is 0 Å². The monoisotopic (exact) mass is 294 g/mol. The molecule has 2 aromatic rings. The Morgan fingerprint density at radius 3 is 2.55 bits per heavy atom. The van der Waals surface area contributed by atoms with Crippen molar-refractivity contribution >= 4 is 11.6 Å². The lowest BCUT2D eigenvalue weighted by molar-refractivity contribution is 0.267. The van der Waals surface area contributed by atoms with E-state index in [1.807, 2.05) is 6.07 Å². The van der Waals surface area contributed by atoms with E-state index in [0.717, 1.165) is 5.56 Å². The highest BCUT2D eigenvalue weighted by Gasteiger charge is 2.12. The van der Waals surface area contributed by atoms with Crippen LogP contribution in [0.4, 0.5) is 4.39 Å². The van der Waals surface area contributed by atoms with Crippen LogP contribution in [0.15, 0.2) is 42.5 Å². The summed E-state index contributed by atoms with van der Waals surface area (Å²) < 4.78 is 19.2. The Hall–Kier alpha value is -1.62. The predicted molar refractivity (Wildman–Crippen MR) is 78.1 cm³/mol. The molecule has 1 unspecified atom stereocenters. The number of rotatable bonds is 5. The van der Waals surface area contributed by atoms with Crippen LogP contribution in [0.5, 0.6) is 5.75 Å². The topological polar surface area (TPSA) is 47.3 Å². The van der Waals surface area contributed by atoms with Gasteiger partial charge in [0.2, 0.25) is 0 Å². The summed E-state index contributed by atoms with van der Waals surface area (Å²) in [6, 6.07) is 11.7. The Morgan fingerprint density at radius 1 is 1.25 bits per heavy atom. The molecule has 3 nitrogen and oxygen atoms in total. The van der Waals surface area contributed by atoms with Crippen LogP contribution < -0.4 is 16.0 Å². The fraction of sp³-hybridized carbons (Fsp3) is 0.200. The van der Waals surface area contributed by atoms with Crippen molar-refractivity contribution in [3.8, 4) is 5.75 Å². The molecule has 0 fully saturated rings. The van der Waals surface area contributed by atoms with Crippen LogP contribution in [0.25, 0.3) is 0 Å². The van der Waals surface area contributed by atoms with Crippen molar-refractivity contribution in [2.75, 3.05) is 6.61 Å². The van der Waals surface area contributed by atoms with Crippen molar-refractivity contribution in [1.82, 2.24) is 5.43 Å². The van der Waals surface area contributed by atoms with Gasteiger partial charge in [0.05, 0.1) is 6.04 Å². The molecule has 1 atom stereocenters. The summed E-state index contributed by atoms with van der Waals surface area (Å²) in [5.41, 5.74) is 3.97. The highest BCUT2D eigenvalue weighted by molar-refractivity contribution is 6.30. The standard InChI is InChI=1S/C15H16ClFN2O/c1-10-2-3-11(8-14(10)17)15(19-18)9-20-13-6-4-12(16)5-7-13/h2-8,15,19H,9,18H2,1H3. The Kier molecular flexibility index (Phi) is 4.95. The van der Waals surface area contributed by atoms with Crippen molar-refractivity contribution in [2.24, 2.45) is 5.84 Å². The van der Waals surface area contributed by atoms with Gasteiger partial charge < -0.3 is 4.74 Å². The third-order valence-electron chi connectivity index (χ3n) is 3.03. The molecular formula is C15H16ClFN2O. The van der Waals surface area contributed by atoms with E-state index in [1.165, 1.54) is 6.07 Å². The molecule has 0 saturated carbocycles. The SMILES string of the molecule is Cc1ccc(C(COc2ccc(Cl)cc2)NN)cc1F. The molecule has 106 valence electrons. The molecule has 0 aliphatic heterocycles. The van der Waals surface area contributed by atoms with E-state index in [-0.39, 0.29) is 11.9 Å². The molecule has 0 heterocycles. The van der Waals surface area contributed by atoms with Gasteiger partial charge in [0.15, 0.2) is 0 Å². The molecular weight excluding hydrogens is 279 g/mol. The number of nitrogens with one attached hydrogen (secondary N) is 1. The first-order chi connectivity index (χ1) is 9.60. The van der Waals surface area contributed by atoms with Crippen molar-refractivity contribution in [2.45, 2.75) is 13.0 Å². The molecule has 0 aliphatic carbocycles. The van der Waals surface area contributed by atoms with Crippen LogP contribution in [0.3, 0.4) is 0 Å². The summed E-state index contributed by atoms with van der Waals surface area (Å²) in [6.07, 6.45) is 0. The molecule has 0 aliphatic rings. The van der Waals surface area contributed by atoms with Crippen molar-refractivity contribution < 1.29 is 9.13 Å². The molecule has 0 radical (unpaired) electrons. The number of aryl methyl sites for hydroxylation is 1. The van der Waals surface area contributed by atoms with E-state index in [9.17, 15) is 4.39 Å². The predicted octanol–water partition coefficient (Wildman–Crippen LogP) is 3.37. The van der Waals surface area contributed by atoms with Gasteiger partial charge >= 0.3 is 0 Å². The Balaban J connectivity index is 2.05. The summed E-state index contributed by atoms with van der Waals surface area (Å²) in [5, 5.41) is 0.645. The Morgan fingerprint density at radius 2 is 1.95 bits per heavy atom. The molecule has 0 saturated heterocycles. The third kappa shape index (κ3) is 3.70. The van der Waals surface area contributed by atoms with Gasteiger partial charge in [0.1, 0.15) is 18.2 Å². The number of ether oxygens (including phenoxy) is 1. The quantitative estimate of drug-likeness (QED) is 0.656. The largest absolute Gasteiger partial charge is 0.492 e. The van der Waals surface area contributed by atoms with E-state index < -0.39 is 0 Å². The summed E-state index contributed by atoms with van der Waals surface area (Å²) in [6.45, 7) is 2.01. The summed E-state index contributed by atoms with van der Waals surface area (Å²) in [5.74, 6) is 5.93. The molecule has 0 spiro atoms. The van der Waals surface area contributed by atoms with Crippen LogP contribution in [0.1, 0.15) is 17.2 Å². The highest BCUT2D eigenvalue weighted by Crippen LogP contribution is 2.20. The Labute approximate surface area is 122 Å². The fourth-order valence-corrected chi connectivity index (χ4v) is 1.90. The number of hydrazine groups is 1. The second-order valence-electron chi connectivity index (χ2n) is 4.49. The van der Waals surface area contributed by atoms with Gasteiger partial charge in [-0.3, -0.25) is 5.84 Å². The summed E-state index contributed by atoms with van der Waals surface area (Å²) >= 11 is 5.80. The second-order valence-corrected chi connectivity index (χ2v) is 4.93. The van der Waals surface area contributed by atoms with E-state index in [4.69, 9.17) is 22.2 Å². The zero-order valence-corrected chi connectivity index (χ0v) is 11.8. The fourth-order valence-electron chi connectivity index (χ4n) is 1.78. The molecule has 5 heteroatoms. The van der Waals surface area contributed by atoms with Gasteiger partial charge in [-0.1, -0.05) is 23.7 Å². The van der Waals surface area contributed by atoms with Crippen LogP contribution in [-0.4, -0.2) is 6.61 Å². The molecule has 0 bridgehead atoms. The maximum Gasteiger partial charge on any atom is 0.126 e. The van der Waals surface area contributed by atoms with Crippen LogP contribution in [0, 0.1) is 12.7 Å². The van der Waals surface area contributed by atoms with Gasteiger partial charge in [0.25, 0.3) is 0 Å². The molecule has 0 amide bonds. The first-order valence-corrected chi connectivity index (χ1v) is 6.58. The van der Waals surface area contributed by atoms with Gasteiger partial charge in [-0.05, 0) is 48.4 Å². The average molecular weight is 295 g/mol. The minimum Gasteiger partial charge on any atom is -0.492 e. The number of benzene rings is 2. The number of halogens is 2. The van der Waals surface area contributed by atoms with Crippen LogP contribution in [-0.2, 0) is 0 Å². The van der Waals surface area contributed by atoms with Crippen molar-refractivity contribution in [1.29, 1.82) is 0 Å². The normalized spacial score (nSPS) is 12.2. The lowest BCUT2D eigenvalue weighted by Gasteiger charge is -2.17. The van der Waals surface area contributed by atoms with E-state index in [1.54, 1.807) is 37.3 Å². The van der Waals surface area contributed by atoms with Crippen LogP contribution in [0.2, 0.25) is 5.02 Å². The molecule has 2 aromatic carbocycles. The van der Waals surface area contributed by atoms with Gasteiger partial charge in [0, 0.05) is 5.02 Å². The zero-order chi connectivity index (χ0) is 14.5. The average Bonchev–Trinajstić information content (AvgIpc) is 2.45. The molecule has 20 heavy (non-hydrogen) atoms. The first-order valence-electron chi connectivity index (χ1n) is 6.20. The maximum absolute atomic E-state index is 13.6. The molecule has 2 rings (SSSR count). The van der Waals surface area contributed by atoms with E-state index in [2.05, 4.69) is 5.43 Å². The highest BCUT2D eigenvalue weighted by atomic mass is 35.5. The number of nitrogens with two attached hydrogens (primary N) is 1. The van der Waals surface area contributed by atoms with E-state index >= 15 is 0 Å². The summed E-state index contributed by atoms with van der Waals surface area (Å²) in [7, 11) is 0. The lowest BCUT2D eigenvalue weighted by Crippen LogP contribution is -2.32. The summed E-state index contributed by atoms with van der Waals surface area (Å²) in [4.78, 5) is 0. The maximum atomic E-state index is 13.6. The van der Waals surface area contributed by atoms with Crippen LogP contribution >= 0.6 is 11.6 Å². The first kappa shape index (κ1) is 14.8. The van der Waals surface area contributed by atoms with Crippen molar-refractivity contribution in [3.63, 3.8) is 0 Å². The minimum absolute atomic E-state index is 0.255. The lowest BCUT2D eigenvalue weighted by atomic mass is 10.1. The molecule has 0 aromatic heterocycles. The third-order valence-corrected chi connectivity index (χ3v) is 3.28. The minimum atomic E-state index is -0.291. The Bertz CT molecular complexity index is 575. The smallest absolute Gasteiger partial charge is 0.126 e. The van der Waals surface area contributed by atoms with Gasteiger partial charge in [-0.25, -0.2) is 9.82 Å². The number of hydrogen-bond donors (Lipinski definition) is 2.